The predicted octanol–water partition coefficient (Wildman–Crippen LogP) is 2.55. The van der Waals surface area contributed by atoms with Crippen LogP contribution in [0.2, 0.25) is 0 Å². The van der Waals surface area contributed by atoms with Gasteiger partial charge in [0.1, 0.15) is 5.92 Å². The third-order valence-electron chi connectivity index (χ3n) is 2.81. The van der Waals surface area contributed by atoms with E-state index in [1.54, 1.807) is 25.3 Å². The van der Waals surface area contributed by atoms with E-state index in [1.165, 1.54) is 0 Å². The van der Waals surface area contributed by atoms with Gasteiger partial charge in [-0.25, -0.2) is 0 Å². The summed E-state index contributed by atoms with van der Waals surface area (Å²) < 4.78 is 5.00. The fourth-order valence-electron chi connectivity index (χ4n) is 1.92. The summed E-state index contributed by atoms with van der Waals surface area (Å²) in [5.41, 5.74) is 0.908. The Morgan fingerprint density at radius 2 is 2.05 bits per heavy atom. The van der Waals surface area contributed by atoms with E-state index in [1.807, 2.05) is 27.7 Å². The van der Waals surface area contributed by atoms with Crippen LogP contribution in [-0.2, 0) is 14.3 Å². The number of rotatable bonds is 4. The molecule has 1 aromatic heterocycles. The van der Waals surface area contributed by atoms with Gasteiger partial charge in [-0.05, 0) is 31.4 Å². The minimum absolute atomic E-state index is 0.257. The lowest BCUT2D eigenvalue weighted by Crippen LogP contribution is -2.40. The van der Waals surface area contributed by atoms with Gasteiger partial charge in [-0.15, -0.1) is 0 Å². The summed E-state index contributed by atoms with van der Waals surface area (Å²) in [6.45, 7) is 9.33. The first kappa shape index (κ1) is 16.1. The number of ether oxygens (including phenoxy) is 1. The third-order valence-corrected chi connectivity index (χ3v) is 2.81. The Morgan fingerprint density at radius 3 is 2.55 bits per heavy atom. The zero-order valence-electron chi connectivity index (χ0n) is 12.7. The number of nitrogens with one attached hydrogen (secondary N) is 1. The van der Waals surface area contributed by atoms with Crippen LogP contribution in [0.5, 0.6) is 0 Å². The van der Waals surface area contributed by atoms with Crippen molar-refractivity contribution in [3.8, 4) is 0 Å². The number of aromatic nitrogens is 1. The second kappa shape index (κ2) is 6.50. The highest BCUT2D eigenvalue weighted by Crippen LogP contribution is 2.28. The van der Waals surface area contributed by atoms with Crippen molar-refractivity contribution in [2.24, 2.45) is 11.3 Å². The van der Waals surface area contributed by atoms with E-state index in [-0.39, 0.29) is 12.5 Å². The number of esters is 1. The Kier molecular flexibility index (Phi) is 5.25. The number of carbonyl (C=O) groups is 2. The molecule has 5 heteroatoms. The number of anilines is 1. The Balaban J connectivity index is 2.92. The maximum atomic E-state index is 12.4. The number of hydrogen-bond acceptors (Lipinski definition) is 4. The van der Waals surface area contributed by atoms with Gasteiger partial charge in [-0.3, -0.25) is 14.6 Å². The molecule has 0 bridgehead atoms. The summed E-state index contributed by atoms with van der Waals surface area (Å²) >= 11 is 0. The largest absolute Gasteiger partial charge is 0.465 e. The number of aryl methyl sites for hydroxylation is 1. The molecule has 0 fully saturated rings. The first-order valence-electron chi connectivity index (χ1n) is 6.66. The van der Waals surface area contributed by atoms with Gasteiger partial charge in [-0.2, -0.15) is 0 Å². The van der Waals surface area contributed by atoms with E-state index in [0.717, 1.165) is 5.69 Å². The van der Waals surface area contributed by atoms with E-state index >= 15 is 0 Å². The summed E-state index contributed by atoms with van der Waals surface area (Å²) in [6.07, 6.45) is 1.61. The summed E-state index contributed by atoms with van der Waals surface area (Å²) in [4.78, 5) is 28.4. The van der Waals surface area contributed by atoms with Gasteiger partial charge in [0, 0.05) is 17.6 Å². The van der Waals surface area contributed by atoms with Gasteiger partial charge < -0.3 is 10.1 Å². The molecular weight excluding hydrogens is 256 g/mol. The van der Waals surface area contributed by atoms with E-state index in [2.05, 4.69) is 10.3 Å². The average molecular weight is 278 g/mol. The van der Waals surface area contributed by atoms with Crippen LogP contribution in [0.3, 0.4) is 0 Å². The Bertz CT molecular complexity index is 492. The molecule has 1 heterocycles. The molecule has 0 aliphatic heterocycles. The second-order valence-corrected chi connectivity index (χ2v) is 5.73. The molecule has 1 aromatic rings. The van der Waals surface area contributed by atoms with Crippen molar-refractivity contribution in [1.82, 2.24) is 4.98 Å². The fourth-order valence-corrected chi connectivity index (χ4v) is 1.92. The molecule has 0 radical (unpaired) electrons. The molecule has 0 aliphatic carbocycles. The fraction of sp³-hybridized carbons (Fsp3) is 0.533. The lowest BCUT2D eigenvalue weighted by Gasteiger charge is -2.27. The second-order valence-electron chi connectivity index (χ2n) is 5.73. The van der Waals surface area contributed by atoms with Crippen molar-refractivity contribution >= 4 is 17.6 Å². The SMILES string of the molecule is CCOC(=O)C(C(=O)Nc1ccnc(C)c1)C(C)(C)C. The summed E-state index contributed by atoms with van der Waals surface area (Å²) in [7, 11) is 0. The van der Waals surface area contributed by atoms with E-state index in [0.29, 0.717) is 5.69 Å². The smallest absolute Gasteiger partial charge is 0.319 e. The Morgan fingerprint density at radius 1 is 1.40 bits per heavy atom. The lowest BCUT2D eigenvalue weighted by molar-refractivity contribution is -0.155. The van der Waals surface area contributed by atoms with E-state index in [9.17, 15) is 9.59 Å². The van der Waals surface area contributed by atoms with Gasteiger partial charge in [0.05, 0.1) is 6.61 Å². The van der Waals surface area contributed by atoms with Crippen LogP contribution >= 0.6 is 0 Å². The minimum atomic E-state index is -0.851. The highest BCUT2D eigenvalue weighted by molar-refractivity contribution is 6.05. The maximum absolute atomic E-state index is 12.4. The number of pyridine rings is 1. The molecule has 1 N–H and O–H groups in total. The van der Waals surface area contributed by atoms with Gasteiger partial charge in [0.15, 0.2) is 0 Å². The number of carbonyl (C=O) groups excluding carboxylic acids is 2. The number of amides is 1. The van der Waals surface area contributed by atoms with Gasteiger partial charge >= 0.3 is 5.97 Å². The first-order chi connectivity index (χ1) is 9.25. The number of nitrogens with zero attached hydrogens (tertiary/aromatic N) is 1. The van der Waals surface area contributed by atoms with Crippen LogP contribution in [0, 0.1) is 18.3 Å². The van der Waals surface area contributed by atoms with Crippen LogP contribution in [0.4, 0.5) is 5.69 Å². The van der Waals surface area contributed by atoms with Crippen LogP contribution in [0.1, 0.15) is 33.4 Å². The van der Waals surface area contributed by atoms with Crippen molar-refractivity contribution < 1.29 is 14.3 Å². The summed E-state index contributed by atoms with van der Waals surface area (Å²) in [5.74, 6) is -1.71. The molecule has 1 unspecified atom stereocenters. The average Bonchev–Trinajstić information content (AvgIpc) is 2.26. The first-order valence-corrected chi connectivity index (χ1v) is 6.66. The monoisotopic (exact) mass is 278 g/mol. The van der Waals surface area contributed by atoms with Crippen molar-refractivity contribution in [2.45, 2.75) is 34.6 Å². The molecule has 1 amide bonds. The highest BCUT2D eigenvalue weighted by Gasteiger charge is 2.38. The number of hydrogen-bond donors (Lipinski definition) is 1. The van der Waals surface area contributed by atoms with Gasteiger partial charge in [0.2, 0.25) is 5.91 Å². The molecule has 1 atom stereocenters. The summed E-state index contributed by atoms with van der Waals surface area (Å²) in [6, 6.07) is 3.44. The van der Waals surface area contributed by atoms with E-state index in [4.69, 9.17) is 4.74 Å². The molecule has 110 valence electrons. The van der Waals surface area contributed by atoms with Gasteiger partial charge in [0.25, 0.3) is 0 Å². The third kappa shape index (κ3) is 4.33. The molecule has 0 spiro atoms. The van der Waals surface area contributed by atoms with Crippen molar-refractivity contribution in [3.63, 3.8) is 0 Å². The molecule has 1 rings (SSSR count). The van der Waals surface area contributed by atoms with Crippen LogP contribution in [0.15, 0.2) is 18.3 Å². The minimum Gasteiger partial charge on any atom is -0.465 e. The lowest BCUT2D eigenvalue weighted by atomic mass is 9.80. The Hall–Kier alpha value is -1.91. The van der Waals surface area contributed by atoms with Crippen molar-refractivity contribution in [2.75, 3.05) is 11.9 Å². The summed E-state index contributed by atoms with van der Waals surface area (Å²) in [5, 5.41) is 2.75. The Labute approximate surface area is 119 Å². The molecule has 0 aromatic carbocycles. The zero-order valence-corrected chi connectivity index (χ0v) is 12.7. The quantitative estimate of drug-likeness (QED) is 0.679. The topological polar surface area (TPSA) is 68.3 Å². The molecule has 0 aliphatic rings. The molecule has 0 saturated carbocycles. The molecule has 0 saturated heterocycles. The van der Waals surface area contributed by atoms with Gasteiger partial charge in [-0.1, -0.05) is 20.8 Å². The van der Waals surface area contributed by atoms with Crippen LogP contribution in [-0.4, -0.2) is 23.5 Å². The standard InChI is InChI=1S/C15H22N2O3/c1-6-20-14(19)12(15(3,4)5)13(18)17-11-7-8-16-10(2)9-11/h7-9,12H,6H2,1-5H3,(H,16,17,18). The molecular formula is C15H22N2O3. The zero-order chi connectivity index (χ0) is 15.3. The normalized spacial score (nSPS) is 12.7. The molecule has 5 nitrogen and oxygen atoms in total. The van der Waals surface area contributed by atoms with E-state index < -0.39 is 17.3 Å². The van der Waals surface area contributed by atoms with Crippen molar-refractivity contribution in [1.29, 1.82) is 0 Å². The highest BCUT2D eigenvalue weighted by atomic mass is 16.5. The predicted molar refractivity (Wildman–Crippen MR) is 77.2 cm³/mol. The van der Waals surface area contributed by atoms with Crippen LogP contribution < -0.4 is 5.32 Å². The maximum Gasteiger partial charge on any atom is 0.319 e. The van der Waals surface area contributed by atoms with Crippen LogP contribution in [0.25, 0.3) is 0 Å². The molecule has 20 heavy (non-hydrogen) atoms. The van der Waals surface area contributed by atoms with Crippen molar-refractivity contribution in [3.05, 3.63) is 24.0 Å².